The molecule has 5 nitrogen and oxygen atoms in total. The fourth-order valence-electron chi connectivity index (χ4n) is 1.83. The van der Waals surface area contributed by atoms with Crippen LogP contribution in [0.4, 0.5) is 0 Å². The van der Waals surface area contributed by atoms with Gasteiger partial charge >= 0.3 is 0 Å². The predicted molar refractivity (Wildman–Crippen MR) is 89.1 cm³/mol. The van der Waals surface area contributed by atoms with Gasteiger partial charge in [-0.3, -0.25) is 9.59 Å². The van der Waals surface area contributed by atoms with E-state index in [2.05, 4.69) is 16.6 Å². The Kier molecular flexibility index (Phi) is 7.94. The van der Waals surface area contributed by atoms with E-state index in [1.165, 1.54) is 7.11 Å². The Morgan fingerprint density at radius 2 is 2.14 bits per heavy atom. The van der Waals surface area contributed by atoms with Crippen molar-refractivity contribution in [2.24, 2.45) is 0 Å². The zero-order valence-electron chi connectivity index (χ0n) is 12.7. The van der Waals surface area contributed by atoms with Crippen LogP contribution in [0.3, 0.4) is 0 Å². The molecule has 0 bridgehead atoms. The summed E-state index contributed by atoms with van der Waals surface area (Å²) in [5.41, 5.74) is 0.393. The van der Waals surface area contributed by atoms with Gasteiger partial charge in [0.15, 0.2) is 0 Å². The lowest BCUT2D eigenvalue weighted by molar-refractivity contribution is -0.122. The Labute approximate surface area is 135 Å². The minimum Gasteiger partial charge on any atom is -0.496 e. The fraction of sp³-hybridized carbons (Fsp3) is 0.375. The van der Waals surface area contributed by atoms with Crippen molar-refractivity contribution in [2.45, 2.75) is 12.5 Å². The van der Waals surface area contributed by atoms with E-state index in [1.54, 1.807) is 36.0 Å². The first-order valence-electron chi connectivity index (χ1n) is 6.78. The van der Waals surface area contributed by atoms with Gasteiger partial charge in [-0.2, -0.15) is 11.8 Å². The first-order chi connectivity index (χ1) is 10.6. The van der Waals surface area contributed by atoms with Crippen LogP contribution in [-0.2, 0) is 4.79 Å². The molecule has 1 atom stereocenters. The molecule has 0 spiro atoms. The summed E-state index contributed by atoms with van der Waals surface area (Å²) in [4.78, 5) is 24.4. The molecule has 0 fully saturated rings. The van der Waals surface area contributed by atoms with Crippen molar-refractivity contribution in [3.05, 3.63) is 29.8 Å². The lowest BCUT2D eigenvalue weighted by Crippen LogP contribution is -2.47. The van der Waals surface area contributed by atoms with Crippen LogP contribution in [0.2, 0.25) is 0 Å². The summed E-state index contributed by atoms with van der Waals surface area (Å²) in [7, 11) is 1.50. The van der Waals surface area contributed by atoms with E-state index in [9.17, 15) is 9.59 Å². The number of carbonyl (C=O) groups is 2. The highest BCUT2D eigenvalue weighted by molar-refractivity contribution is 7.98. The second-order valence-corrected chi connectivity index (χ2v) is 5.42. The van der Waals surface area contributed by atoms with Crippen LogP contribution in [0, 0.1) is 12.3 Å². The molecule has 0 aliphatic heterocycles. The summed E-state index contributed by atoms with van der Waals surface area (Å²) in [5.74, 6) is 2.93. The van der Waals surface area contributed by atoms with E-state index < -0.39 is 6.04 Å². The number of benzene rings is 1. The molecule has 1 aromatic carbocycles. The van der Waals surface area contributed by atoms with E-state index in [4.69, 9.17) is 11.2 Å². The monoisotopic (exact) mass is 320 g/mol. The number of para-hydroxylation sites is 1. The summed E-state index contributed by atoms with van der Waals surface area (Å²) < 4.78 is 5.16. The van der Waals surface area contributed by atoms with Crippen LogP contribution in [0.25, 0.3) is 0 Å². The predicted octanol–water partition coefficient (Wildman–Crippen LogP) is 1.30. The molecule has 0 heterocycles. The van der Waals surface area contributed by atoms with Crippen molar-refractivity contribution in [2.75, 3.05) is 25.7 Å². The number of ether oxygens (including phenoxy) is 1. The number of rotatable bonds is 8. The standard InChI is InChI=1S/C16H20N2O3S/c1-4-10-17-16(20)13(9-11-22-3)18-15(19)12-7-5-6-8-14(12)21-2/h1,5-8,13H,9-11H2,2-3H3,(H,17,20)(H,18,19). The van der Waals surface area contributed by atoms with E-state index in [0.717, 1.165) is 5.75 Å². The molecular weight excluding hydrogens is 300 g/mol. The number of terminal acetylenes is 1. The van der Waals surface area contributed by atoms with Crippen LogP contribution in [-0.4, -0.2) is 43.5 Å². The van der Waals surface area contributed by atoms with Gasteiger partial charge in [0.25, 0.3) is 5.91 Å². The van der Waals surface area contributed by atoms with Crippen molar-refractivity contribution < 1.29 is 14.3 Å². The molecule has 0 radical (unpaired) electrons. The second-order valence-electron chi connectivity index (χ2n) is 4.43. The summed E-state index contributed by atoms with van der Waals surface area (Å²) >= 11 is 1.61. The number of hydrogen-bond donors (Lipinski definition) is 2. The molecule has 0 saturated carbocycles. The highest BCUT2D eigenvalue weighted by Gasteiger charge is 2.22. The molecule has 0 aliphatic carbocycles. The number of nitrogens with one attached hydrogen (secondary N) is 2. The normalized spacial score (nSPS) is 11.1. The maximum Gasteiger partial charge on any atom is 0.255 e. The third-order valence-electron chi connectivity index (χ3n) is 2.95. The molecular formula is C16H20N2O3S. The maximum atomic E-state index is 12.4. The van der Waals surface area contributed by atoms with Gasteiger partial charge in [0, 0.05) is 0 Å². The molecule has 1 unspecified atom stereocenters. The van der Waals surface area contributed by atoms with Crippen LogP contribution >= 0.6 is 11.8 Å². The van der Waals surface area contributed by atoms with Crippen molar-refractivity contribution in [3.8, 4) is 18.1 Å². The molecule has 22 heavy (non-hydrogen) atoms. The van der Waals surface area contributed by atoms with Gasteiger partial charge in [0.2, 0.25) is 5.91 Å². The summed E-state index contributed by atoms with van der Waals surface area (Å²) in [5, 5.41) is 5.34. The second kappa shape index (κ2) is 9.74. The Morgan fingerprint density at radius 1 is 1.41 bits per heavy atom. The minimum atomic E-state index is -0.627. The van der Waals surface area contributed by atoms with Gasteiger partial charge in [-0.25, -0.2) is 0 Å². The fourth-order valence-corrected chi connectivity index (χ4v) is 2.31. The van der Waals surface area contributed by atoms with Crippen molar-refractivity contribution >= 4 is 23.6 Å². The van der Waals surface area contributed by atoms with Crippen LogP contribution in [0.1, 0.15) is 16.8 Å². The highest BCUT2D eigenvalue weighted by Crippen LogP contribution is 2.17. The number of hydrogen-bond acceptors (Lipinski definition) is 4. The molecule has 1 rings (SSSR count). The van der Waals surface area contributed by atoms with Gasteiger partial charge in [0.05, 0.1) is 19.2 Å². The van der Waals surface area contributed by atoms with E-state index in [0.29, 0.717) is 17.7 Å². The Balaban J connectivity index is 2.81. The largest absolute Gasteiger partial charge is 0.496 e. The Bertz CT molecular complexity index is 555. The SMILES string of the molecule is C#CCNC(=O)C(CCSC)NC(=O)c1ccccc1OC. The summed E-state index contributed by atoms with van der Waals surface area (Å²) in [6, 6.07) is 6.24. The average molecular weight is 320 g/mol. The van der Waals surface area contributed by atoms with Gasteiger partial charge in [0.1, 0.15) is 11.8 Å². The van der Waals surface area contributed by atoms with Crippen LogP contribution in [0.15, 0.2) is 24.3 Å². The van der Waals surface area contributed by atoms with Crippen LogP contribution in [0.5, 0.6) is 5.75 Å². The molecule has 0 saturated heterocycles. The quantitative estimate of drug-likeness (QED) is 0.709. The summed E-state index contributed by atoms with van der Waals surface area (Å²) in [6.07, 6.45) is 7.60. The molecule has 0 aromatic heterocycles. The third-order valence-corrected chi connectivity index (χ3v) is 3.59. The number of methoxy groups -OCH3 is 1. The smallest absolute Gasteiger partial charge is 0.255 e. The number of carbonyl (C=O) groups excluding carboxylic acids is 2. The molecule has 6 heteroatoms. The first kappa shape index (κ1) is 17.9. The van der Waals surface area contributed by atoms with Crippen LogP contribution < -0.4 is 15.4 Å². The van der Waals surface area contributed by atoms with E-state index >= 15 is 0 Å². The minimum absolute atomic E-state index is 0.138. The van der Waals surface area contributed by atoms with E-state index in [-0.39, 0.29) is 18.4 Å². The molecule has 118 valence electrons. The zero-order valence-corrected chi connectivity index (χ0v) is 13.5. The van der Waals surface area contributed by atoms with Crippen molar-refractivity contribution in [3.63, 3.8) is 0 Å². The number of amides is 2. The average Bonchev–Trinajstić information content (AvgIpc) is 2.55. The van der Waals surface area contributed by atoms with Crippen molar-refractivity contribution in [1.29, 1.82) is 0 Å². The Hall–Kier alpha value is -2.13. The van der Waals surface area contributed by atoms with Gasteiger partial charge in [-0.1, -0.05) is 18.1 Å². The third kappa shape index (κ3) is 5.34. The van der Waals surface area contributed by atoms with E-state index in [1.807, 2.05) is 6.26 Å². The molecule has 2 amide bonds. The van der Waals surface area contributed by atoms with Crippen molar-refractivity contribution in [1.82, 2.24) is 10.6 Å². The highest BCUT2D eigenvalue weighted by atomic mass is 32.2. The number of thioether (sulfide) groups is 1. The summed E-state index contributed by atoms with van der Waals surface area (Å²) in [6.45, 7) is 0.138. The lowest BCUT2D eigenvalue weighted by Gasteiger charge is -2.18. The zero-order chi connectivity index (χ0) is 16.4. The molecule has 0 aliphatic rings. The van der Waals surface area contributed by atoms with Gasteiger partial charge in [-0.15, -0.1) is 6.42 Å². The van der Waals surface area contributed by atoms with Gasteiger partial charge < -0.3 is 15.4 Å². The lowest BCUT2D eigenvalue weighted by atomic mass is 10.1. The molecule has 1 aromatic rings. The molecule has 2 N–H and O–H groups in total. The topological polar surface area (TPSA) is 67.4 Å². The first-order valence-corrected chi connectivity index (χ1v) is 8.17. The maximum absolute atomic E-state index is 12.4. The Morgan fingerprint density at radius 3 is 2.77 bits per heavy atom. The van der Waals surface area contributed by atoms with Gasteiger partial charge in [-0.05, 0) is 30.6 Å².